The summed E-state index contributed by atoms with van der Waals surface area (Å²) in [4.78, 5) is 7.29. The first-order chi connectivity index (χ1) is 9.30. The predicted octanol–water partition coefficient (Wildman–Crippen LogP) is 2.57. The lowest BCUT2D eigenvalue weighted by Gasteiger charge is -2.23. The van der Waals surface area contributed by atoms with Gasteiger partial charge in [0.1, 0.15) is 0 Å². The van der Waals surface area contributed by atoms with Crippen LogP contribution < -0.4 is 5.32 Å². The standard InChI is InChI=1S/C13H25F3N4.HI/c1-5-6-7-9-20(4)12(17-2)18-8-10-19(3)11-13(14,15)16;/h5H,1,6-11H2,2-4H3,(H,17,18);1H. The van der Waals surface area contributed by atoms with E-state index in [2.05, 4.69) is 16.9 Å². The van der Waals surface area contributed by atoms with Gasteiger partial charge in [0.25, 0.3) is 0 Å². The molecule has 0 aliphatic heterocycles. The molecule has 0 atom stereocenters. The number of hydrogen-bond donors (Lipinski definition) is 1. The predicted molar refractivity (Wildman–Crippen MR) is 92.4 cm³/mol. The van der Waals surface area contributed by atoms with E-state index in [0.717, 1.165) is 19.4 Å². The van der Waals surface area contributed by atoms with Crippen LogP contribution >= 0.6 is 24.0 Å². The van der Waals surface area contributed by atoms with Crippen molar-refractivity contribution in [2.24, 2.45) is 4.99 Å². The molecule has 21 heavy (non-hydrogen) atoms. The van der Waals surface area contributed by atoms with Crippen LogP contribution in [-0.2, 0) is 0 Å². The van der Waals surface area contributed by atoms with Crippen LogP contribution in [0.3, 0.4) is 0 Å². The number of rotatable bonds is 8. The highest BCUT2D eigenvalue weighted by Crippen LogP contribution is 2.14. The van der Waals surface area contributed by atoms with Gasteiger partial charge in [-0.05, 0) is 19.9 Å². The van der Waals surface area contributed by atoms with Gasteiger partial charge in [0, 0.05) is 33.7 Å². The van der Waals surface area contributed by atoms with E-state index in [1.54, 1.807) is 7.05 Å². The molecule has 4 nitrogen and oxygen atoms in total. The number of unbranched alkanes of at least 4 members (excludes halogenated alkanes) is 1. The van der Waals surface area contributed by atoms with Crippen molar-refractivity contribution in [1.29, 1.82) is 0 Å². The van der Waals surface area contributed by atoms with Crippen molar-refractivity contribution in [2.45, 2.75) is 19.0 Å². The summed E-state index contributed by atoms with van der Waals surface area (Å²) in [6, 6.07) is 0. The molecule has 0 aromatic heterocycles. The maximum Gasteiger partial charge on any atom is 0.401 e. The second-order valence-corrected chi connectivity index (χ2v) is 4.68. The highest BCUT2D eigenvalue weighted by Gasteiger charge is 2.28. The second kappa shape index (κ2) is 12.1. The molecule has 0 saturated carbocycles. The largest absolute Gasteiger partial charge is 0.401 e. The monoisotopic (exact) mass is 422 g/mol. The van der Waals surface area contributed by atoms with Crippen molar-refractivity contribution in [2.75, 3.05) is 47.3 Å². The number of nitrogens with one attached hydrogen (secondary N) is 1. The SMILES string of the molecule is C=CCCCN(C)C(=NC)NCCN(C)CC(F)(F)F.I. The summed E-state index contributed by atoms with van der Waals surface area (Å²) in [5.41, 5.74) is 0. The number of likely N-dealkylation sites (N-methyl/N-ethyl adjacent to an activating group) is 1. The second-order valence-electron chi connectivity index (χ2n) is 4.68. The molecule has 8 heteroatoms. The third kappa shape index (κ3) is 12.9. The Morgan fingerprint density at radius 2 is 1.90 bits per heavy atom. The Kier molecular flexibility index (Phi) is 13.1. The minimum Gasteiger partial charge on any atom is -0.355 e. The molecule has 126 valence electrons. The average Bonchev–Trinajstić information content (AvgIpc) is 2.32. The summed E-state index contributed by atoms with van der Waals surface area (Å²) in [5, 5.41) is 3.05. The third-order valence-electron chi connectivity index (χ3n) is 2.70. The van der Waals surface area contributed by atoms with E-state index in [9.17, 15) is 13.2 Å². The summed E-state index contributed by atoms with van der Waals surface area (Å²) in [6.45, 7) is 4.31. The summed E-state index contributed by atoms with van der Waals surface area (Å²) >= 11 is 0. The first-order valence-electron chi connectivity index (χ1n) is 6.58. The molecule has 0 aliphatic rings. The highest BCUT2D eigenvalue weighted by atomic mass is 127. The Labute approximate surface area is 142 Å². The zero-order chi connectivity index (χ0) is 15.6. The quantitative estimate of drug-likeness (QED) is 0.215. The van der Waals surface area contributed by atoms with Crippen LogP contribution in [0.4, 0.5) is 13.2 Å². The van der Waals surface area contributed by atoms with Gasteiger partial charge in [0.15, 0.2) is 5.96 Å². The number of halogens is 4. The third-order valence-corrected chi connectivity index (χ3v) is 2.70. The van der Waals surface area contributed by atoms with Gasteiger partial charge in [0.2, 0.25) is 0 Å². The molecule has 0 amide bonds. The van der Waals surface area contributed by atoms with E-state index < -0.39 is 12.7 Å². The van der Waals surface area contributed by atoms with Crippen LogP contribution in [0.25, 0.3) is 0 Å². The van der Waals surface area contributed by atoms with Crippen molar-refractivity contribution < 1.29 is 13.2 Å². The maximum atomic E-state index is 12.2. The number of guanidine groups is 1. The van der Waals surface area contributed by atoms with Crippen molar-refractivity contribution in [3.63, 3.8) is 0 Å². The fraction of sp³-hybridized carbons (Fsp3) is 0.769. The molecule has 0 spiro atoms. The molecular formula is C13H26F3IN4. The fourth-order valence-electron chi connectivity index (χ4n) is 1.71. The van der Waals surface area contributed by atoms with Crippen LogP contribution in [0.2, 0.25) is 0 Å². The van der Waals surface area contributed by atoms with E-state index >= 15 is 0 Å². The van der Waals surface area contributed by atoms with E-state index in [0.29, 0.717) is 19.0 Å². The molecule has 0 saturated heterocycles. The van der Waals surface area contributed by atoms with Crippen LogP contribution in [-0.4, -0.2) is 69.3 Å². The average molecular weight is 422 g/mol. The number of aliphatic imine (C=N–C) groups is 1. The first-order valence-corrected chi connectivity index (χ1v) is 6.58. The normalized spacial score (nSPS) is 12.0. The summed E-state index contributed by atoms with van der Waals surface area (Å²) < 4.78 is 36.5. The minimum absolute atomic E-state index is 0. The number of allylic oxidation sites excluding steroid dienone is 1. The first kappa shape index (κ1) is 22.8. The molecule has 0 radical (unpaired) electrons. The van der Waals surface area contributed by atoms with Gasteiger partial charge < -0.3 is 10.2 Å². The van der Waals surface area contributed by atoms with Crippen molar-refractivity contribution in [1.82, 2.24) is 15.1 Å². The van der Waals surface area contributed by atoms with Crippen LogP contribution in [0.15, 0.2) is 17.6 Å². The smallest absolute Gasteiger partial charge is 0.355 e. The van der Waals surface area contributed by atoms with Gasteiger partial charge >= 0.3 is 6.18 Å². The lowest BCUT2D eigenvalue weighted by molar-refractivity contribution is -0.142. The van der Waals surface area contributed by atoms with Gasteiger partial charge in [-0.3, -0.25) is 9.89 Å². The minimum atomic E-state index is -4.15. The zero-order valence-corrected chi connectivity index (χ0v) is 15.2. The Morgan fingerprint density at radius 1 is 1.29 bits per heavy atom. The Morgan fingerprint density at radius 3 is 2.38 bits per heavy atom. The highest BCUT2D eigenvalue weighted by molar-refractivity contribution is 14.0. The van der Waals surface area contributed by atoms with Crippen molar-refractivity contribution in [3.8, 4) is 0 Å². The number of alkyl halides is 3. The van der Waals surface area contributed by atoms with Gasteiger partial charge in [-0.2, -0.15) is 13.2 Å². The topological polar surface area (TPSA) is 30.9 Å². The molecule has 0 fully saturated rings. The van der Waals surface area contributed by atoms with Gasteiger partial charge in [-0.25, -0.2) is 0 Å². The number of nitrogens with zero attached hydrogens (tertiary/aromatic N) is 3. The molecule has 0 aromatic carbocycles. The molecule has 0 heterocycles. The number of hydrogen-bond acceptors (Lipinski definition) is 2. The van der Waals surface area contributed by atoms with Gasteiger partial charge in [0.05, 0.1) is 6.54 Å². The van der Waals surface area contributed by atoms with Gasteiger partial charge in [-0.1, -0.05) is 6.08 Å². The summed E-state index contributed by atoms with van der Waals surface area (Å²) in [6.07, 6.45) is -0.404. The molecule has 0 aromatic rings. The van der Waals surface area contributed by atoms with Crippen LogP contribution in [0.5, 0.6) is 0 Å². The Balaban J connectivity index is 0. The van der Waals surface area contributed by atoms with E-state index in [4.69, 9.17) is 0 Å². The molecule has 0 bridgehead atoms. The van der Waals surface area contributed by atoms with Crippen molar-refractivity contribution in [3.05, 3.63) is 12.7 Å². The molecule has 0 unspecified atom stereocenters. The Hall–Kier alpha value is -0.510. The molecule has 1 N–H and O–H groups in total. The lowest BCUT2D eigenvalue weighted by Crippen LogP contribution is -2.43. The van der Waals surface area contributed by atoms with E-state index in [-0.39, 0.29) is 24.0 Å². The Bertz CT molecular complexity index is 308. The summed E-state index contributed by atoms with van der Waals surface area (Å²) in [5.74, 6) is 0.689. The van der Waals surface area contributed by atoms with Crippen molar-refractivity contribution >= 4 is 29.9 Å². The van der Waals surface area contributed by atoms with Crippen LogP contribution in [0, 0.1) is 0 Å². The van der Waals surface area contributed by atoms with Gasteiger partial charge in [-0.15, -0.1) is 30.6 Å². The molecule has 0 aliphatic carbocycles. The lowest BCUT2D eigenvalue weighted by atomic mass is 10.3. The van der Waals surface area contributed by atoms with E-state index in [1.165, 1.54) is 11.9 Å². The maximum absolute atomic E-state index is 12.2. The molecule has 0 rings (SSSR count). The molecular weight excluding hydrogens is 396 g/mol. The van der Waals surface area contributed by atoms with E-state index in [1.807, 2.05) is 18.0 Å². The fourth-order valence-corrected chi connectivity index (χ4v) is 1.71. The van der Waals surface area contributed by atoms with Crippen LogP contribution in [0.1, 0.15) is 12.8 Å². The zero-order valence-electron chi connectivity index (χ0n) is 12.9. The summed E-state index contributed by atoms with van der Waals surface area (Å²) in [7, 11) is 5.01.